The maximum absolute atomic E-state index is 12.1. The number of amides is 1. The number of nitrogens with one attached hydrogen (secondary N) is 1. The second-order valence-electron chi connectivity index (χ2n) is 4.47. The van der Waals surface area contributed by atoms with Gasteiger partial charge in [-0.1, -0.05) is 36.4 Å². The Bertz CT molecular complexity index is 739. The van der Waals surface area contributed by atoms with Crippen molar-refractivity contribution in [3.8, 4) is 11.1 Å². The lowest BCUT2D eigenvalue weighted by atomic mass is 9.95. The van der Waals surface area contributed by atoms with E-state index in [0.29, 0.717) is 11.1 Å². The monoisotopic (exact) mass is 299 g/mol. The molecule has 0 aliphatic carbocycles. The summed E-state index contributed by atoms with van der Waals surface area (Å²) >= 11 is 0. The fourth-order valence-electron chi connectivity index (χ4n) is 2.07. The van der Waals surface area contributed by atoms with Gasteiger partial charge in [0.1, 0.15) is 6.54 Å². The molecule has 0 spiro atoms. The summed E-state index contributed by atoms with van der Waals surface area (Å²) in [5.74, 6) is -2.83. The van der Waals surface area contributed by atoms with Crippen molar-refractivity contribution in [2.45, 2.75) is 0 Å². The Kier molecular flexibility index (Phi) is 4.53. The van der Waals surface area contributed by atoms with E-state index in [1.807, 2.05) is 0 Å². The molecule has 112 valence electrons. The quantitative estimate of drug-likeness (QED) is 0.782. The molecule has 22 heavy (non-hydrogen) atoms. The molecule has 0 heterocycles. The average Bonchev–Trinajstić information content (AvgIpc) is 2.52. The zero-order valence-electron chi connectivity index (χ0n) is 11.4. The number of carbonyl (C=O) groups is 3. The first-order chi connectivity index (χ1) is 10.5. The zero-order valence-corrected chi connectivity index (χ0v) is 11.4. The van der Waals surface area contributed by atoms with Crippen molar-refractivity contribution in [3.05, 3.63) is 59.7 Å². The van der Waals surface area contributed by atoms with Crippen LogP contribution in [0.2, 0.25) is 0 Å². The van der Waals surface area contributed by atoms with E-state index in [2.05, 4.69) is 5.32 Å². The summed E-state index contributed by atoms with van der Waals surface area (Å²) in [7, 11) is 0. The minimum Gasteiger partial charge on any atom is -0.480 e. The maximum atomic E-state index is 12.1. The van der Waals surface area contributed by atoms with Gasteiger partial charge in [-0.3, -0.25) is 9.59 Å². The second kappa shape index (κ2) is 6.53. The zero-order chi connectivity index (χ0) is 16.1. The van der Waals surface area contributed by atoms with Crippen LogP contribution in [0, 0.1) is 0 Å². The third-order valence-electron chi connectivity index (χ3n) is 3.02. The van der Waals surface area contributed by atoms with Crippen molar-refractivity contribution in [2.75, 3.05) is 6.54 Å². The van der Waals surface area contributed by atoms with Crippen molar-refractivity contribution in [1.82, 2.24) is 5.32 Å². The van der Waals surface area contributed by atoms with E-state index in [0.717, 1.165) is 0 Å². The van der Waals surface area contributed by atoms with Gasteiger partial charge in [-0.15, -0.1) is 0 Å². The summed E-state index contributed by atoms with van der Waals surface area (Å²) in [5.41, 5.74) is 1.12. The molecule has 0 saturated carbocycles. The molecule has 2 rings (SSSR count). The van der Waals surface area contributed by atoms with Crippen LogP contribution in [-0.2, 0) is 4.79 Å². The van der Waals surface area contributed by atoms with Crippen LogP contribution in [0.15, 0.2) is 48.5 Å². The van der Waals surface area contributed by atoms with Gasteiger partial charge in [-0.25, -0.2) is 4.79 Å². The maximum Gasteiger partial charge on any atom is 0.336 e. The molecule has 0 aliphatic rings. The molecular weight excluding hydrogens is 286 g/mol. The highest BCUT2D eigenvalue weighted by Gasteiger charge is 2.17. The number of carbonyl (C=O) groups excluding carboxylic acids is 1. The van der Waals surface area contributed by atoms with E-state index in [9.17, 15) is 19.5 Å². The topological polar surface area (TPSA) is 104 Å². The SMILES string of the molecule is O=C(O)CNC(=O)c1ccccc1-c1ccccc1C(=O)O. The molecule has 0 fully saturated rings. The van der Waals surface area contributed by atoms with E-state index in [1.165, 1.54) is 12.1 Å². The van der Waals surface area contributed by atoms with Gasteiger partial charge < -0.3 is 15.5 Å². The summed E-state index contributed by atoms with van der Waals surface area (Å²) in [4.78, 5) is 34.0. The number of rotatable bonds is 5. The second-order valence-corrected chi connectivity index (χ2v) is 4.47. The third-order valence-corrected chi connectivity index (χ3v) is 3.02. The Morgan fingerprint density at radius 3 is 1.86 bits per heavy atom. The van der Waals surface area contributed by atoms with Crippen molar-refractivity contribution in [2.24, 2.45) is 0 Å². The summed E-state index contributed by atoms with van der Waals surface area (Å²) in [5, 5.41) is 20.1. The van der Waals surface area contributed by atoms with E-state index in [1.54, 1.807) is 36.4 Å². The Morgan fingerprint density at radius 2 is 1.32 bits per heavy atom. The van der Waals surface area contributed by atoms with Gasteiger partial charge in [0.25, 0.3) is 5.91 Å². The van der Waals surface area contributed by atoms with Crippen molar-refractivity contribution in [1.29, 1.82) is 0 Å². The van der Waals surface area contributed by atoms with Crippen LogP contribution < -0.4 is 5.32 Å². The Balaban J connectivity index is 2.47. The molecule has 0 radical (unpaired) electrons. The molecule has 6 nitrogen and oxygen atoms in total. The van der Waals surface area contributed by atoms with E-state index < -0.39 is 24.4 Å². The largest absolute Gasteiger partial charge is 0.480 e. The van der Waals surface area contributed by atoms with Gasteiger partial charge in [-0.2, -0.15) is 0 Å². The molecule has 3 N–H and O–H groups in total. The number of aliphatic carboxylic acids is 1. The minimum absolute atomic E-state index is 0.0704. The first-order valence-electron chi connectivity index (χ1n) is 6.42. The average molecular weight is 299 g/mol. The van der Waals surface area contributed by atoms with Crippen LogP contribution in [0.1, 0.15) is 20.7 Å². The molecule has 2 aromatic carbocycles. The molecular formula is C16H13NO5. The molecule has 0 bridgehead atoms. The standard InChI is InChI=1S/C16H13NO5/c18-14(19)9-17-15(20)12-7-3-1-5-10(12)11-6-2-4-8-13(11)16(21)22/h1-8H,9H2,(H,17,20)(H,18,19)(H,21,22). The van der Waals surface area contributed by atoms with Gasteiger partial charge in [0, 0.05) is 5.56 Å². The van der Waals surface area contributed by atoms with Gasteiger partial charge in [0.2, 0.25) is 0 Å². The predicted octanol–water partition coefficient (Wildman–Crippen LogP) is 1.87. The van der Waals surface area contributed by atoms with Crippen LogP contribution in [0.3, 0.4) is 0 Å². The lowest BCUT2D eigenvalue weighted by Gasteiger charge is -2.11. The summed E-state index contributed by atoms with van der Waals surface area (Å²) < 4.78 is 0. The number of hydrogen-bond donors (Lipinski definition) is 3. The van der Waals surface area contributed by atoms with Crippen molar-refractivity contribution < 1.29 is 24.6 Å². The molecule has 1 amide bonds. The van der Waals surface area contributed by atoms with E-state index in [-0.39, 0.29) is 11.1 Å². The Morgan fingerprint density at radius 1 is 0.818 bits per heavy atom. The smallest absolute Gasteiger partial charge is 0.336 e. The molecule has 0 unspecified atom stereocenters. The minimum atomic E-state index is -1.16. The fourth-order valence-corrected chi connectivity index (χ4v) is 2.07. The van der Waals surface area contributed by atoms with Gasteiger partial charge in [-0.05, 0) is 23.3 Å². The first-order valence-corrected chi connectivity index (χ1v) is 6.42. The molecule has 2 aromatic rings. The molecule has 0 aliphatic heterocycles. The number of benzene rings is 2. The predicted molar refractivity (Wildman–Crippen MR) is 78.8 cm³/mol. The molecule has 0 saturated heterocycles. The number of carboxylic acids is 2. The number of hydrogen-bond acceptors (Lipinski definition) is 3. The van der Waals surface area contributed by atoms with Crippen LogP contribution >= 0.6 is 0 Å². The highest BCUT2D eigenvalue weighted by atomic mass is 16.4. The Labute approximate surface area is 126 Å². The van der Waals surface area contributed by atoms with Gasteiger partial charge in [0.15, 0.2) is 0 Å². The lowest BCUT2D eigenvalue weighted by Crippen LogP contribution is -2.29. The normalized spacial score (nSPS) is 10.0. The fraction of sp³-hybridized carbons (Fsp3) is 0.0625. The van der Waals surface area contributed by atoms with E-state index >= 15 is 0 Å². The van der Waals surface area contributed by atoms with Crippen LogP contribution in [0.25, 0.3) is 11.1 Å². The van der Waals surface area contributed by atoms with E-state index in [4.69, 9.17) is 5.11 Å². The summed E-state index contributed by atoms with van der Waals surface area (Å²) in [6.45, 7) is -0.506. The lowest BCUT2D eigenvalue weighted by molar-refractivity contribution is -0.135. The third kappa shape index (κ3) is 3.29. The highest BCUT2D eigenvalue weighted by molar-refractivity contribution is 6.05. The van der Waals surface area contributed by atoms with Gasteiger partial charge in [0.05, 0.1) is 5.56 Å². The van der Waals surface area contributed by atoms with Crippen molar-refractivity contribution in [3.63, 3.8) is 0 Å². The molecule has 0 atom stereocenters. The Hall–Kier alpha value is -3.15. The number of aromatic carboxylic acids is 1. The summed E-state index contributed by atoms with van der Waals surface area (Å²) in [6, 6.07) is 12.8. The number of carboxylic acid groups (broad SMARTS) is 2. The molecule has 6 heteroatoms. The van der Waals surface area contributed by atoms with Gasteiger partial charge >= 0.3 is 11.9 Å². The van der Waals surface area contributed by atoms with Crippen LogP contribution in [-0.4, -0.2) is 34.6 Å². The first kappa shape index (κ1) is 15.2. The highest BCUT2D eigenvalue weighted by Crippen LogP contribution is 2.27. The molecule has 0 aromatic heterocycles. The van der Waals surface area contributed by atoms with Crippen molar-refractivity contribution >= 4 is 17.8 Å². The van der Waals surface area contributed by atoms with Crippen LogP contribution in [0.5, 0.6) is 0 Å². The van der Waals surface area contributed by atoms with Crippen LogP contribution in [0.4, 0.5) is 0 Å². The summed E-state index contributed by atoms with van der Waals surface area (Å²) in [6.07, 6.45) is 0.